The Labute approximate surface area is 258 Å². The number of carbonyl (C=O) groups is 2. The van der Waals surface area contributed by atoms with Gasteiger partial charge in [0.2, 0.25) is 5.95 Å². The number of carbonyl (C=O) groups excluding carboxylic acids is 2. The molecule has 0 saturated heterocycles. The number of nitrogens with zero attached hydrogens (tertiary/aromatic N) is 3. The van der Waals surface area contributed by atoms with Crippen LogP contribution in [-0.2, 0) is 18.0 Å². The Morgan fingerprint density at radius 3 is 1.93 bits per heavy atom. The molecule has 0 fully saturated rings. The third-order valence-electron chi connectivity index (χ3n) is 6.71. The van der Waals surface area contributed by atoms with E-state index in [1.54, 1.807) is 30.3 Å². The highest BCUT2D eigenvalue weighted by Gasteiger charge is 2.35. The summed E-state index contributed by atoms with van der Waals surface area (Å²) in [6.07, 6.45) is -0.761. The summed E-state index contributed by atoms with van der Waals surface area (Å²) in [6, 6.07) is 27.0. The van der Waals surface area contributed by atoms with Gasteiger partial charge in [0.05, 0.1) is 0 Å². The lowest BCUT2D eigenvalue weighted by Crippen LogP contribution is -2.44. The van der Waals surface area contributed by atoms with Gasteiger partial charge in [-0.2, -0.15) is 9.37 Å². The summed E-state index contributed by atoms with van der Waals surface area (Å²) >= 11 is 0. The van der Waals surface area contributed by atoms with Crippen molar-refractivity contribution in [1.29, 1.82) is 0 Å². The minimum absolute atomic E-state index is 0.0122. The molecule has 8 nitrogen and oxygen atoms in total. The molecule has 0 bridgehead atoms. The molecule has 0 spiro atoms. The number of amides is 1. The van der Waals surface area contributed by atoms with E-state index in [4.69, 9.17) is 14.2 Å². The van der Waals surface area contributed by atoms with Crippen molar-refractivity contribution < 1.29 is 28.2 Å². The Bertz CT molecular complexity index is 1550. The van der Waals surface area contributed by atoms with Crippen LogP contribution >= 0.6 is 0 Å². The number of hydrogen-bond donors (Lipinski definition) is 0. The number of pyridine rings is 1. The summed E-state index contributed by atoms with van der Waals surface area (Å²) in [5.41, 5.74) is 0.846. The molecule has 0 atom stereocenters. The highest BCUT2D eigenvalue weighted by Crippen LogP contribution is 2.37. The molecule has 4 rings (SSSR count). The van der Waals surface area contributed by atoms with Crippen molar-refractivity contribution in [3.8, 4) is 11.5 Å². The van der Waals surface area contributed by atoms with E-state index in [9.17, 15) is 9.59 Å². The van der Waals surface area contributed by atoms with Crippen molar-refractivity contribution in [1.82, 2.24) is 9.88 Å². The molecule has 0 unspecified atom stereocenters. The van der Waals surface area contributed by atoms with E-state index >= 15 is 4.39 Å². The first-order chi connectivity index (χ1) is 21.0. The zero-order chi connectivity index (χ0) is 31.7. The highest BCUT2D eigenvalue weighted by molar-refractivity contribution is 5.99. The minimum atomic E-state index is -0.932. The Kier molecular flexibility index (Phi) is 10.7. The number of halogens is 1. The van der Waals surface area contributed by atoms with Crippen molar-refractivity contribution in [2.24, 2.45) is 5.41 Å². The van der Waals surface area contributed by atoms with Crippen molar-refractivity contribution >= 4 is 17.9 Å². The minimum Gasteiger partial charge on any atom is -0.484 e. The van der Waals surface area contributed by atoms with Gasteiger partial charge in [0.15, 0.2) is 11.6 Å². The second-order valence-corrected chi connectivity index (χ2v) is 11.6. The first-order valence-electron chi connectivity index (χ1n) is 14.3. The monoisotopic (exact) mass is 599 g/mol. The Morgan fingerprint density at radius 2 is 1.36 bits per heavy atom. The van der Waals surface area contributed by atoms with Crippen molar-refractivity contribution in [2.45, 2.75) is 34.0 Å². The van der Waals surface area contributed by atoms with Gasteiger partial charge in [0, 0.05) is 18.7 Å². The predicted molar refractivity (Wildman–Crippen MR) is 167 cm³/mol. The van der Waals surface area contributed by atoms with Crippen LogP contribution in [0.1, 0.15) is 40.9 Å². The number of para-hydroxylation sites is 1. The highest BCUT2D eigenvalue weighted by atomic mass is 19.1. The van der Waals surface area contributed by atoms with Gasteiger partial charge in [0.1, 0.15) is 24.5 Å². The molecule has 1 heterocycles. The fourth-order valence-corrected chi connectivity index (χ4v) is 4.91. The Balaban J connectivity index is 1.82. The van der Waals surface area contributed by atoms with Gasteiger partial charge >= 0.3 is 12.1 Å². The van der Waals surface area contributed by atoms with Crippen molar-refractivity contribution in [3.63, 3.8) is 0 Å². The normalized spacial score (nSPS) is 11.2. The molecule has 0 radical (unpaired) electrons. The SMILES string of the molecule is Cc1c(F)nc(N(CC(C)(C)CN(C)C)C(=O)OCc2ccccc2)c(OCc2ccccc2)c1C(=O)Oc1ccccc1. The van der Waals surface area contributed by atoms with E-state index < -0.39 is 23.4 Å². The van der Waals surface area contributed by atoms with Gasteiger partial charge in [-0.15, -0.1) is 0 Å². The van der Waals surface area contributed by atoms with Crippen molar-refractivity contribution in [2.75, 3.05) is 32.1 Å². The summed E-state index contributed by atoms with van der Waals surface area (Å²) in [6.45, 7) is 6.07. The lowest BCUT2D eigenvalue weighted by molar-refractivity contribution is 0.0727. The first kappa shape index (κ1) is 32.2. The summed E-state index contributed by atoms with van der Waals surface area (Å²) in [5.74, 6) is -1.75. The van der Waals surface area contributed by atoms with E-state index in [0.717, 1.165) is 11.1 Å². The molecule has 1 aromatic heterocycles. The van der Waals surface area contributed by atoms with Crippen LogP contribution in [-0.4, -0.2) is 49.1 Å². The summed E-state index contributed by atoms with van der Waals surface area (Å²) in [7, 11) is 3.85. The molecular formula is C35H38FN3O5. The van der Waals surface area contributed by atoms with Crippen LogP contribution in [0.15, 0.2) is 91.0 Å². The zero-order valence-electron chi connectivity index (χ0n) is 25.7. The van der Waals surface area contributed by atoms with E-state index in [1.165, 1.54) is 11.8 Å². The number of ether oxygens (including phenoxy) is 3. The maximum atomic E-state index is 15.6. The van der Waals surface area contributed by atoms with E-state index in [0.29, 0.717) is 6.54 Å². The van der Waals surface area contributed by atoms with E-state index in [2.05, 4.69) is 4.98 Å². The molecule has 1 amide bonds. The molecule has 0 saturated carbocycles. The lowest BCUT2D eigenvalue weighted by atomic mass is 9.92. The van der Waals surface area contributed by atoms with Crippen LogP contribution < -0.4 is 14.4 Å². The molecular weight excluding hydrogens is 561 g/mol. The van der Waals surface area contributed by atoms with E-state index in [1.807, 2.05) is 93.5 Å². The molecule has 0 aliphatic heterocycles. The summed E-state index contributed by atoms with van der Waals surface area (Å²) in [5, 5.41) is 0. The van der Waals surface area contributed by atoms with Crippen LogP contribution in [0.25, 0.3) is 0 Å². The molecule has 0 aliphatic carbocycles. The smallest absolute Gasteiger partial charge is 0.415 e. The molecule has 44 heavy (non-hydrogen) atoms. The average molecular weight is 600 g/mol. The molecule has 0 N–H and O–H groups in total. The second kappa shape index (κ2) is 14.6. The van der Waals surface area contributed by atoms with Crippen molar-refractivity contribution in [3.05, 3.63) is 119 Å². The van der Waals surface area contributed by atoms with Crippen LogP contribution in [0.5, 0.6) is 11.5 Å². The Hall–Kier alpha value is -4.76. The fourth-order valence-electron chi connectivity index (χ4n) is 4.91. The van der Waals surface area contributed by atoms with Crippen LogP contribution in [0.4, 0.5) is 15.0 Å². The number of esters is 1. The van der Waals surface area contributed by atoms with Crippen LogP contribution in [0.2, 0.25) is 0 Å². The van der Waals surface area contributed by atoms with Crippen LogP contribution in [0.3, 0.4) is 0 Å². The predicted octanol–water partition coefficient (Wildman–Crippen LogP) is 7.06. The van der Waals surface area contributed by atoms with Gasteiger partial charge in [-0.05, 0) is 49.7 Å². The lowest BCUT2D eigenvalue weighted by Gasteiger charge is -2.34. The second-order valence-electron chi connectivity index (χ2n) is 11.6. The number of benzene rings is 3. The maximum Gasteiger partial charge on any atom is 0.415 e. The van der Waals surface area contributed by atoms with Crippen LogP contribution in [0, 0.1) is 18.3 Å². The first-order valence-corrected chi connectivity index (χ1v) is 14.3. The average Bonchev–Trinajstić information content (AvgIpc) is 3.00. The third kappa shape index (κ3) is 8.64. The van der Waals surface area contributed by atoms with Gasteiger partial charge < -0.3 is 19.1 Å². The van der Waals surface area contributed by atoms with Gasteiger partial charge in [0.25, 0.3) is 0 Å². The van der Waals surface area contributed by atoms with E-state index in [-0.39, 0.29) is 48.2 Å². The summed E-state index contributed by atoms with van der Waals surface area (Å²) in [4.78, 5) is 34.9. The summed E-state index contributed by atoms with van der Waals surface area (Å²) < 4.78 is 33.2. The standard InChI is InChI=1S/C35H38FN3O5/c1-25-29(33(40)44-28-19-13-8-14-20-28)30(42-21-26-15-9-6-10-16-26)32(37-31(25)36)39(24-35(2,3)23-38(4)5)34(41)43-22-27-17-11-7-12-18-27/h6-20H,21-24H2,1-5H3. The molecule has 230 valence electrons. The van der Waals surface area contributed by atoms with Gasteiger partial charge in [-0.1, -0.05) is 92.7 Å². The molecule has 9 heteroatoms. The third-order valence-corrected chi connectivity index (χ3v) is 6.71. The fraction of sp³-hybridized carbons (Fsp3) is 0.286. The number of aromatic nitrogens is 1. The molecule has 3 aromatic carbocycles. The number of rotatable bonds is 12. The molecule has 0 aliphatic rings. The topological polar surface area (TPSA) is 81.2 Å². The van der Waals surface area contributed by atoms with Gasteiger partial charge in [-0.25, -0.2) is 9.59 Å². The zero-order valence-corrected chi connectivity index (χ0v) is 25.7. The Morgan fingerprint density at radius 1 is 0.818 bits per heavy atom. The van der Waals surface area contributed by atoms with Gasteiger partial charge in [-0.3, -0.25) is 4.90 Å². The number of anilines is 1. The largest absolute Gasteiger partial charge is 0.484 e. The quantitative estimate of drug-likeness (QED) is 0.0980. The maximum absolute atomic E-state index is 15.6. The number of hydrogen-bond acceptors (Lipinski definition) is 7. The molecule has 4 aromatic rings.